The highest BCUT2D eigenvalue weighted by Crippen LogP contribution is 2.60. The van der Waals surface area contributed by atoms with Crippen molar-refractivity contribution in [3.8, 4) is 5.75 Å². The Balaban J connectivity index is 1.32. The van der Waals surface area contributed by atoms with Gasteiger partial charge in [0.2, 0.25) is 17.7 Å². The van der Waals surface area contributed by atoms with Gasteiger partial charge in [-0.2, -0.15) is 0 Å². The number of amides is 3. The number of nitrogens with zero attached hydrogens (tertiary/aromatic N) is 1. The molecule has 2 saturated heterocycles. The van der Waals surface area contributed by atoms with Crippen LogP contribution in [0.5, 0.6) is 5.75 Å². The summed E-state index contributed by atoms with van der Waals surface area (Å²) in [5.74, 6) is -1.21. The molecule has 2 N–H and O–H groups in total. The Morgan fingerprint density at radius 1 is 0.977 bits per heavy atom. The molecule has 2 aromatic rings. The number of hydrogen-bond donors (Lipinski definition) is 2. The van der Waals surface area contributed by atoms with Gasteiger partial charge in [-0.1, -0.05) is 55.7 Å². The summed E-state index contributed by atoms with van der Waals surface area (Å²) >= 11 is 0. The Labute approximate surface area is 254 Å². The maximum atomic E-state index is 14.5. The monoisotopic (exact) mass is 585 g/mol. The van der Waals surface area contributed by atoms with E-state index >= 15 is 0 Å². The average Bonchev–Trinajstić information content (AvgIpc) is 3.56. The highest BCUT2D eigenvalue weighted by atomic mass is 16.5. The zero-order valence-electron chi connectivity index (χ0n) is 25.8. The maximum Gasteiger partial charge on any atom is 0.246 e. The lowest BCUT2D eigenvalue weighted by Gasteiger charge is -2.35. The number of hydrogen-bond acceptors (Lipinski definition) is 5. The van der Waals surface area contributed by atoms with Crippen molar-refractivity contribution < 1.29 is 23.9 Å². The molecule has 3 amide bonds. The smallest absolute Gasteiger partial charge is 0.246 e. The first-order chi connectivity index (χ1) is 20.5. The van der Waals surface area contributed by atoms with Crippen LogP contribution in [0.1, 0.15) is 76.8 Å². The van der Waals surface area contributed by atoms with Gasteiger partial charge in [0.25, 0.3) is 0 Å². The van der Waals surface area contributed by atoms with Gasteiger partial charge in [0.1, 0.15) is 17.4 Å². The molecule has 43 heavy (non-hydrogen) atoms. The Kier molecular flexibility index (Phi) is 7.40. The lowest BCUT2D eigenvalue weighted by Crippen LogP contribution is -2.58. The largest absolute Gasteiger partial charge is 0.497 e. The number of carbonyl (C=O) groups is 3. The second-order valence-corrected chi connectivity index (χ2v) is 13.8. The second-order valence-electron chi connectivity index (χ2n) is 13.8. The Hall–Kier alpha value is -3.65. The minimum absolute atomic E-state index is 0.267. The molecule has 1 saturated carbocycles. The van der Waals surface area contributed by atoms with Crippen LogP contribution in [0, 0.1) is 11.8 Å². The molecule has 6 rings (SSSR count). The lowest BCUT2D eigenvalue weighted by atomic mass is 9.70. The number of methoxy groups -OCH3 is 1. The van der Waals surface area contributed by atoms with Crippen LogP contribution in [-0.2, 0) is 25.7 Å². The minimum Gasteiger partial charge on any atom is -0.497 e. The molecule has 5 atom stereocenters. The van der Waals surface area contributed by atoms with E-state index in [0.717, 1.165) is 11.3 Å². The molecule has 0 unspecified atom stereocenters. The quantitative estimate of drug-likeness (QED) is 0.445. The summed E-state index contributed by atoms with van der Waals surface area (Å²) in [4.78, 5) is 44.0. The van der Waals surface area contributed by atoms with Crippen molar-refractivity contribution in [3.63, 3.8) is 0 Å². The Morgan fingerprint density at radius 3 is 2.28 bits per heavy atom. The van der Waals surface area contributed by atoms with Crippen molar-refractivity contribution in [2.24, 2.45) is 11.8 Å². The fourth-order valence-corrected chi connectivity index (χ4v) is 7.64. The van der Waals surface area contributed by atoms with Gasteiger partial charge in [0, 0.05) is 17.8 Å². The average molecular weight is 586 g/mol. The first kappa shape index (κ1) is 29.4. The Bertz CT molecular complexity index is 1420. The zero-order chi connectivity index (χ0) is 30.6. The molecule has 2 bridgehead atoms. The van der Waals surface area contributed by atoms with Crippen LogP contribution in [0.25, 0.3) is 0 Å². The van der Waals surface area contributed by atoms with E-state index in [1.807, 2.05) is 76.2 Å². The topological polar surface area (TPSA) is 97.0 Å². The first-order valence-electron chi connectivity index (χ1n) is 15.5. The fourth-order valence-electron chi connectivity index (χ4n) is 7.64. The second kappa shape index (κ2) is 10.8. The van der Waals surface area contributed by atoms with Crippen molar-refractivity contribution in [1.82, 2.24) is 10.6 Å². The van der Waals surface area contributed by atoms with Crippen LogP contribution >= 0.6 is 0 Å². The molecule has 0 aromatic heterocycles. The van der Waals surface area contributed by atoms with Gasteiger partial charge in [-0.05, 0) is 81.8 Å². The van der Waals surface area contributed by atoms with E-state index in [-0.39, 0.29) is 17.7 Å². The van der Waals surface area contributed by atoms with E-state index in [9.17, 15) is 14.4 Å². The molecular formula is C35H43N3O5. The Morgan fingerprint density at radius 2 is 1.65 bits per heavy atom. The molecule has 2 aromatic carbocycles. The highest BCUT2D eigenvalue weighted by molar-refractivity contribution is 6.10. The summed E-state index contributed by atoms with van der Waals surface area (Å²) < 4.78 is 11.9. The van der Waals surface area contributed by atoms with Gasteiger partial charge in [-0.25, -0.2) is 0 Å². The molecule has 228 valence electrons. The van der Waals surface area contributed by atoms with Gasteiger partial charge < -0.3 is 20.1 Å². The van der Waals surface area contributed by atoms with Crippen LogP contribution in [0.2, 0.25) is 0 Å². The van der Waals surface area contributed by atoms with Gasteiger partial charge in [-0.15, -0.1) is 0 Å². The number of nitrogens with one attached hydrogen (secondary N) is 2. The molecule has 4 aliphatic rings. The molecule has 8 nitrogen and oxygen atoms in total. The summed E-state index contributed by atoms with van der Waals surface area (Å²) in [7, 11) is 1.61. The molecular weight excluding hydrogens is 542 g/mol. The van der Waals surface area contributed by atoms with Gasteiger partial charge >= 0.3 is 0 Å². The van der Waals surface area contributed by atoms with Crippen LogP contribution in [0.15, 0.2) is 60.7 Å². The van der Waals surface area contributed by atoms with Crippen molar-refractivity contribution in [2.45, 2.75) is 95.0 Å². The molecule has 8 heteroatoms. The number of benzene rings is 2. The van der Waals surface area contributed by atoms with E-state index in [2.05, 4.69) is 22.8 Å². The van der Waals surface area contributed by atoms with Gasteiger partial charge in [0.05, 0.1) is 24.5 Å². The molecule has 3 heterocycles. The molecule has 3 aliphatic heterocycles. The molecule has 1 aliphatic carbocycles. The summed E-state index contributed by atoms with van der Waals surface area (Å²) in [6.07, 6.45) is 9.82. The third kappa shape index (κ3) is 5.13. The van der Waals surface area contributed by atoms with E-state index in [1.165, 1.54) is 37.7 Å². The molecule has 3 fully saturated rings. The molecule has 0 radical (unpaired) electrons. The zero-order valence-corrected chi connectivity index (χ0v) is 25.8. The third-order valence-corrected chi connectivity index (χ3v) is 9.60. The summed E-state index contributed by atoms with van der Waals surface area (Å²) in [6.45, 7) is 7.88. The summed E-state index contributed by atoms with van der Waals surface area (Å²) in [5, 5.41) is 6.12. The normalized spacial score (nSPS) is 29.9. The van der Waals surface area contributed by atoms with Crippen LogP contribution in [0.4, 0.5) is 5.69 Å². The minimum atomic E-state index is -1.26. The van der Waals surface area contributed by atoms with Crippen LogP contribution < -0.4 is 20.3 Å². The highest BCUT2D eigenvalue weighted by Gasteiger charge is 2.76. The maximum absolute atomic E-state index is 14.5. The van der Waals surface area contributed by atoms with Crippen molar-refractivity contribution in [1.29, 1.82) is 0 Å². The van der Waals surface area contributed by atoms with E-state index in [0.29, 0.717) is 18.2 Å². The number of anilines is 1. The summed E-state index contributed by atoms with van der Waals surface area (Å²) in [5.41, 5.74) is 0.0285. The number of carbonyl (C=O) groups excluding carboxylic acids is 3. The van der Waals surface area contributed by atoms with E-state index < -0.39 is 34.6 Å². The molecule has 1 spiro atoms. The third-order valence-electron chi connectivity index (χ3n) is 9.60. The van der Waals surface area contributed by atoms with Crippen LogP contribution in [0.3, 0.4) is 0 Å². The van der Waals surface area contributed by atoms with Gasteiger partial charge in [-0.3, -0.25) is 19.3 Å². The van der Waals surface area contributed by atoms with Crippen LogP contribution in [-0.4, -0.2) is 47.6 Å². The van der Waals surface area contributed by atoms with Crippen molar-refractivity contribution in [2.75, 3.05) is 12.0 Å². The number of rotatable bonds is 7. The van der Waals surface area contributed by atoms with E-state index in [4.69, 9.17) is 9.47 Å². The predicted molar refractivity (Wildman–Crippen MR) is 165 cm³/mol. The lowest BCUT2D eigenvalue weighted by molar-refractivity contribution is -0.134. The predicted octanol–water partition coefficient (Wildman–Crippen LogP) is 5.02. The fraction of sp³-hybridized carbons (Fsp3) is 0.514. The number of ether oxygens (including phenoxy) is 2. The van der Waals surface area contributed by atoms with Crippen molar-refractivity contribution in [3.05, 3.63) is 71.8 Å². The first-order valence-corrected chi connectivity index (χ1v) is 15.5. The number of fused-ring (bicyclic) bond motifs is 1. The van der Waals surface area contributed by atoms with Crippen molar-refractivity contribution >= 4 is 23.4 Å². The standard InChI is InChI=1S/C35H43N3O5/c1-33(2,3)37-31(40)29-35-20-19-34(4,43-35)27(30(39)36-21-22-11-17-26(42-5)18-12-22)28(35)32(41)38(29)25-15-13-24(14-16-25)23-9-7-6-8-10-23/h11-20,23,27-29H,6-10,21H2,1-5H3,(H,36,39)(H,37,40)/t27-,28-,29+,34+,35+/m0/s1. The summed E-state index contributed by atoms with van der Waals surface area (Å²) in [6, 6.07) is 14.6. The SMILES string of the molecule is COc1ccc(CNC(=O)[C@@H]2[C@H]3C(=O)N(c4ccc(C5CCCCC5)cc4)[C@H](C(=O)NC(C)(C)C)[C@@]34C=C[C@@]2(C)O4)cc1. The van der Waals surface area contributed by atoms with Gasteiger partial charge in [0.15, 0.2) is 0 Å². The van der Waals surface area contributed by atoms with E-state index in [1.54, 1.807) is 12.0 Å².